The highest BCUT2D eigenvalue weighted by molar-refractivity contribution is 6.00. The molecule has 0 saturated carbocycles. The van der Waals surface area contributed by atoms with Crippen LogP contribution in [0.1, 0.15) is 19.8 Å². The van der Waals surface area contributed by atoms with Crippen molar-refractivity contribution in [3.05, 3.63) is 28.3 Å². The summed E-state index contributed by atoms with van der Waals surface area (Å²) in [6.07, 6.45) is 0.345. The number of hydrogen-bond donors (Lipinski definition) is 1. The maximum absolute atomic E-state index is 12.3. The second-order valence-corrected chi connectivity index (χ2v) is 4.49. The number of anilines is 1. The Morgan fingerprint density at radius 1 is 1.50 bits per heavy atom. The maximum Gasteiger partial charge on any atom is 0.271 e. The highest BCUT2D eigenvalue weighted by Crippen LogP contribution is 2.37. The molecule has 0 saturated heterocycles. The van der Waals surface area contributed by atoms with Crippen LogP contribution in [0.5, 0.6) is 5.75 Å². The van der Waals surface area contributed by atoms with E-state index in [9.17, 15) is 14.9 Å². The fourth-order valence-electron chi connectivity index (χ4n) is 2.14. The van der Waals surface area contributed by atoms with E-state index in [1.807, 2.05) is 6.92 Å². The van der Waals surface area contributed by atoms with Gasteiger partial charge >= 0.3 is 0 Å². The molecule has 1 unspecified atom stereocenters. The summed E-state index contributed by atoms with van der Waals surface area (Å²) in [5.74, 6) is 0.230. The quantitative estimate of drug-likeness (QED) is 0.651. The van der Waals surface area contributed by atoms with E-state index < -0.39 is 11.0 Å². The van der Waals surface area contributed by atoms with Gasteiger partial charge in [-0.2, -0.15) is 0 Å². The predicted molar refractivity (Wildman–Crippen MR) is 71.9 cm³/mol. The molecule has 1 aliphatic rings. The van der Waals surface area contributed by atoms with E-state index in [1.54, 1.807) is 0 Å². The van der Waals surface area contributed by atoms with Crippen LogP contribution in [0, 0.1) is 10.1 Å². The minimum absolute atomic E-state index is 0.0499. The third kappa shape index (κ3) is 2.57. The van der Waals surface area contributed by atoms with Crippen molar-refractivity contribution in [1.29, 1.82) is 0 Å². The molecule has 20 heavy (non-hydrogen) atoms. The zero-order chi connectivity index (χ0) is 14.7. The zero-order valence-electron chi connectivity index (χ0n) is 11.1. The van der Waals surface area contributed by atoms with E-state index in [4.69, 9.17) is 9.84 Å². The molecule has 1 amide bonds. The predicted octanol–water partition coefficient (Wildman–Crippen LogP) is 1.48. The van der Waals surface area contributed by atoms with Crippen molar-refractivity contribution in [2.75, 3.05) is 18.1 Å². The van der Waals surface area contributed by atoms with Gasteiger partial charge in [0.25, 0.3) is 11.6 Å². The van der Waals surface area contributed by atoms with Crippen LogP contribution in [-0.2, 0) is 4.79 Å². The van der Waals surface area contributed by atoms with Gasteiger partial charge in [0.2, 0.25) is 0 Å². The first-order valence-corrected chi connectivity index (χ1v) is 6.45. The lowest BCUT2D eigenvalue weighted by atomic mass is 10.1. The summed E-state index contributed by atoms with van der Waals surface area (Å²) in [7, 11) is 0. The molecule has 0 aromatic heterocycles. The molecule has 0 fully saturated rings. The van der Waals surface area contributed by atoms with E-state index >= 15 is 0 Å². The number of carbonyl (C=O) groups excluding carboxylic acids is 1. The molecule has 0 spiro atoms. The van der Waals surface area contributed by atoms with Crippen LogP contribution in [0.15, 0.2) is 18.2 Å². The van der Waals surface area contributed by atoms with Gasteiger partial charge < -0.3 is 14.7 Å². The number of rotatable bonds is 5. The summed E-state index contributed by atoms with van der Waals surface area (Å²) in [5, 5.41) is 19.8. The van der Waals surface area contributed by atoms with Gasteiger partial charge in [0.1, 0.15) is 5.75 Å². The molecular formula is C13H16N2O5. The van der Waals surface area contributed by atoms with Crippen LogP contribution < -0.4 is 9.64 Å². The Balaban J connectivity index is 2.41. The molecule has 1 N–H and O–H groups in total. The van der Waals surface area contributed by atoms with Crippen LogP contribution in [0.25, 0.3) is 0 Å². The van der Waals surface area contributed by atoms with Gasteiger partial charge in [-0.15, -0.1) is 0 Å². The number of amides is 1. The van der Waals surface area contributed by atoms with Gasteiger partial charge in [-0.25, -0.2) is 0 Å². The summed E-state index contributed by atoms with van der Waals surface area (Å²) >= 11 is 0. The SMILES string of the molecule is CCC1Oc2ccc([N+](=O)[O-])cc2N(CCCO)C1=O. The molecule has 7 nitrogen and oxygen atoms in total. The van der Waals surface area contributed by atoms with Crippen molar-refractivity contribution in [3.8, 4) is 5.75 Å². The fourth-order valence-corrected chi connectivity index (χ4v) is 2.14. The lowest BCUT2D eigenvalue weighted by molar-refractivity contribution is -0.384. The Morgan fingerprint density at radius 3 is 2.85 bits per heavy atom. The van der Waals surface area contributed by atoms with E-state index in [0.717, 1.165) is 0 Å². The number of aliphatic hydroxyl groups is 1. The summed E-state index contributed by atoms with van der Waals surface area (Å²) in [6, 6.07) is 4.19. The van der Waals surface area contributed by atoms with Crippen LogP contribution in [-0.4, -0.2) is 35.2 Å². The van der Waals surface area contributed by atoms with Crippen molar-refractivity contribution in [2.45, 2.75) is 25.9 Å². The average Bonchev–Trinajstić information content (AvgIpc) is 2.45. The zero-order valence-corrected chi connectivity index (χ0v) is 11.1. The van der Waals surface area contributed by atoms with Crippen molar-refractivity contribution < 1.29 is 19.6 Å². The molecule has 1 heterocycles. The Labute approximate surface area is 115 Å². The number of nitro groups is 1. The molecule has 0 aliphatic carbocycles. The van der Waals surface area contributed by atoms with Crippen LogP contribution >= 0.6 is 0 Å². The van der Waals surface area contributed by atoms with Crippen LogP contribution in [0.2, 0.25) is 0 Å². The van der Waals surface area contributed by atoms with Crippen molar-refractivity contribution in [3.63, 3.8) is 0 Å². The van der Waals surface area contributed by atoms with Crippen molar-refractivity contribution in [1.82, 2.24) is 0 Å². The normalized spacial score (nSPS) is 17.6. The Morgan fingerprint density at radius 2 is 2.25 bits per heavy atom. The Bertz CT molecular complexity index is 531. The molecule has 7 heteroatoms. The smallest absolute Gasteiger partial charge is 0.271 e. The molecule has 108 valence electrons. The lowest BCUT2D eigenvalue weighted by Crippen LogP contribution is -2.46. The second-order valence-electron chi connectivity index (χ2n) is 4.49. The number of nitro benzene ring substituents is 1. The Hall–Kier alpha value is -2.15. The van der Waals surface area contributed by atoms with Crippen LogP contribution in [0.4, 0.5) is 11.4 Å². The fraction of sp³-hybridized carbons (Fsp3) is 0.462. The molecule has 1 aromatic rings. The minimum atomic E-state index is -0.581. The topological polar surface area (TPSA) is 92.9 Å². The summed E-state index contributed by atoms with van der Waals surface area (Å²) in [6.45, 7) is 2.10. The van der Waals surface area contributed by atoms with Gasteiger partial charge in [-0.1, -0.05) is 6.92 Å². The highest BCUT2D eigenvalue weighted by atomic mass is 16.6. The van der Waals surface area contributed by atoms with E-state index in [-0.39, 0.29) is 18.2 Å². The molecule has 1 aromatic carbocycles. The molecule has 1 aliphatic heterocycles. The van der Waals surface area contributed by atoms with E-state index in [1.165, 1.54) is 23.1 Å². The third-order valence-corrected chi connectivity index (χ3v) is 3.17. The van der Waals surface area contributed by atoms with Gasteiger partial charge in [0.05, 0.1) is 10.6 Å². The number of carbonyl (C=O) groups is 1. The van der Waals surface area contributed by atoms with Crippen molar-refractivity contribution in [2.24, 2.45) is 0 Å². The summed E-state index contributed by atoms with van der Waals surface area (Å²) < 4.78 is 5.56. The highest BCUT2D eigenvalue weighted by Gasteiger charge is 2.33. The first-order valence-electron chi connectivity index (χ1n) is 6.45. The largest absolute Gasteiger partial charge is 0.478 e. The molecule has 2 rings (SSSR count). The molecule has 1 atom stereocenters. The average molecular weight is 280 g/mol. The number of nitrogens with zero attached hydrogens (tertiary/aromatic N) is 2. The third-order valence-electron chi connectivity index (χ3n) is 3.17. The van der Waals surface area contributed by atoms with Gasteiger partial charge in [-0.3, -0.25) is 14.9 Å². The number of hydrogen-bond acceptors (Lipinski definition) is 5. The number of fused-ring (bicyclic) bond motifs is 1. The number of non-ortho nitro benzene ring substituents is 1. The van der Waals surface area contributed by atoms with Crippen LogP contribution in [0.3, 0.4) is 0 Å². The lowest BCUT2D eigenvalue weighted by Gasteiger charge is -2.33. The molecule has 0 radical (unpaired) electrons. The first-order chi connectivity index (χ1) is 9.58. The number of ether oxygens (including phenoxy) is 1. The molecule has 0 bridgehead atoms. The van der Waals surface area contributed by atoms with Gasteiger partial charge in [0.15, 0.2) is 6.10 Å². The number of aliphatic hydroxyl groups excluding tert-OH is 1. The molecular weight excluding hydrogens is 264 g/mol. The second kappa shape index (κ2) is 5.87. The van der Waals surface area contributed by atoms with Gasteiger partial charge in [-0.05, 0) is 18.9 Å². The first kappa shape index (κ1) is 14.3. The minimum Gasteiger partial charge on any atom is -0.478 e. The monoisotopic (exact) mass is 280 g/mol. The summed E-state index contributed by atoms with van der Waals surface area (Å²) in [5.41, 5.74) is 0.298. The Kier molecular flexibility index (Phi) is 4.19. The van der Waals surface area contributed by atoms with Crippen molar-refractivity contribution >= 4 is 17.3 Å². The standard InChI is InChI=1S/C13H16N2O5/c1-2-11-13(17)14(6-3-7-16)10-8-9(15(18)19)4-5-12(10)20-11/h4-5,8,11,16H,2-3,6-7H2,1H3. The summed E-state index contributed by atoms with van der Waals surface area (Å²) in [4.78, 5) is 24.0. The van der Waals surface area contributed by atoms with E-state index in [2.05, 4.69) is 0 Å². The van der Waals surface area contributed by atoms with Gasteiger partial charge in [0, 0.05) is 25.3 Å². The number of benzene rings is 1. The van der Waals surface area contributed by atoms with E-state index in [0.29, 0.717) is 30.8 Å². The maximum atomic E-state index is 12.3.